The highest BCUT2D eigenvalue weighted by Crippen LogP contribution is 2.36. The van der Waals surface area contributed by atoms with Gasteiger partial charge in [0.15, 0.2) is 4.34 Å². The van der Waals surface area contributed by atoms with Crippen molar-refractivity contribution in [2.45, 2.75) is 23.1 Å². The minimum absolute atomic E-state index is 0.791. The normalized spacial score (nSPS) is 11.1. The Morgan fingerprint density at radius 1 is 1.11 bits per heavy atom. The van der Waals surface area contributed by atoms with Crippen LogP contribution in [0.5, 0.6) is 0 Å². The molecule has 1 aromatic heterocycles. The van der Waals surface area contributed by atoms with Gasteiger partial charge in [-0.15, -0.1) is 11.3 Å². The lowest BCUT2D eigenvalue weighted by molar-refractivity contribution is 1.24. The van der Waals surface area contributed by atoms with E-state index >= 15 is 0 Å². The molecule has 0 fully saturated rings. The molecule has 0 aliphatic carbocycles. The average molecular weight is 286 g/mol. The molecule has 2 nitrogen and oxygen atoms in total. The zero-order valence-corrected chi connectivity index (χ0v) is 12.4. The van der Waals surface area contributed by atoms with Gasteiger partial charge in [-0.3, -0.25) is 0 Å². The van der Waals surface area contributed by atoms with Crippen LogP contribution in [0, 0.1) is 13.8 Å². The number of nitrogens with two attached hydrogens (primary N) is 1. The molecule has 96 valence electrons. The Kier molecular flexibility index (Phi) is 3.21. The SMILES string of the molecule is Cc1ccc(C)c(Sc2nc3ccc(N)cc3s2)c1. The average Bonchev–Trinajstić information content (AvgIpc) is 2.75. The van der Waals surface area contributed by atoms with Crippen molar-refractivity contribution in [3.8, 4) is 0 Å². The van der Waals surface area contributed by atoms with Crippen LogP contribution in [0.2, 0.25) is 0 Å². The highest BCUT2D eigenvalue weighted by atomic mass is 32.2. The second kappa shape index (κ2) is 4.87. The van der Waals surface area contributed by atoms with Gasteiger partial charge in [0.05, 0.1) is 10.2 Å². The van der Waals surface area contributed by atoms with Gasteiger partial charge in [-0.1, -0.05) is 23.9 Å². The molecule has 3 rings (SSSR count). The maximum absolute atomic E-state index is 5.80. The number of nitrogen functional groups attached to an aromatic ring is 1. The quantitative estimate of drug-likeness (QED) is 0.697. The standard InChI is InChI=1S/C15H14N2S2/c1-9-3-4-10(2)13(7-9)18-15-17-12-6-5-11(16)8-14(12)19-15/h3-8H,16H2,1-2H3. The number of rotatable bonds is 2. The van der Waals surface area contributed by atoms with Crippen molar-refractivity contribution in [1.29, 1.82) is 0 Å². The van der Waals surface area contributed by atoms with Crippen LogP contribution in [0.25, 0.3) is 10.2 Å². The number of hydrogen-bond donors (Lipinski definition) is 1. The van der Waals surface area contributed by atoms with E-state index in [9.17, 15) is 0 Å². The van der Waals surface area contributed by atoms with Crippen LogP contribution in [-0.4, -0.2) is 4.98 Å². The van der Waals surface area contributed by atoms with E-state index in [1.165, 1.54) is 16.0 Å². The predicted octanol–water partition coefficient (Wildman–Crippen LogP) is 4.65. The highest BCUT2D eigenvalue weighted by Gasteiger charge is 2.08. The third-order valence-electron chi connectivity index (χ3n) is 2.93. The maximum Gasteiger partial charge on any atom is 0.155 e. The molecule has 0 unspecified atom stereocenters. The minimum atomic E-state index is 0.791. The number of anilines is 1. The second-order valence-electron chi connectivity index (χ2n) is 4.58. The fourth-order valence-electron chi connectivity index (χ4n) is 1.88. The third-order valence-corrected chi connectivity index (χ3v) is 5.17. The number of hydrogen-bond acceptors (Lipinski definition) is 4. The summed E-state index contributed by atoms with van der Waals surface area (Å²) in [6, 6.07) is 12.4. The van der Waals surface area contributed by atoms with Crippen molar-refractivity contribution in [3.05, 3.63) is 47.5 Å². The van der Waals surface area contributed by atoms with Crippen LogP contribution in [0.3, 0.4) is 0 Å². The molecule has 19 heavy (non-hydrogen) atoms. The third kappa shape index (κ3) is 2.60. The molecule has 0 spiro atoms. The van der Waals surface area contributed by atoms with E-state index in [-0.39, 0.29) is 0 Å². The van der Waals surface area contributed by atoms with Crippen LogP contribution in [0.1, 0.15) is 11.1 Å². The molecule has 0 amide bonds. The molecule has 0 saturated heterocycles. The zero-order chi connectivity index (χ0) is 13.4. The zero-order valence-electron chi connectivity index (χ0n) is 10.8. The van der Waals surface area contributed by atoms with Crippen LogP contribution >= 0.6 is 23.1 Å². The lowest BCUT2D eigenvalue weighted by Gasteiger charge is -2.03. The van der Waals surface area contributed by atoms with Crippen LogP contribution < -0.4 is 5.73 Å². The van der Waals surface area contributed by atoms with Crippen LogP contribution in [0.4, 0.5) is 5.69 Å². The topological polar surface area (TPSA) is 38.9 Å². The number of thiazole rings is 1. The molecular weight excluding hydrogens is 272 g/mol. The molecule has 0 bridgehead atoms. The Morgan fingerprint density at radius 3 is 2.79 bits per heavy atom. The Morgan fingerprint density at radius 2 is 1.95 bits per heavy atom. The molecule has 4 heteroatoms. The van der Waals surface area contributed by atoms with Crippen LogP contribution in [-0.2, 0) is 0 Å². The molecule has 3 aromatic rings. The van der Waals surface area contributed by atoms with Crippen molar-refractivity contribution in [2.75, 3.05) is 5.73 Å². The molecule has 2 aromatic carbocycles. The lowest BCUT2D eigenvalue weighted by Crippen LogP contribution is -1.82. The van der Waals surface area contributed by atoms with Crippen molar-refractivity contribution >= 4 is 39.0 Å². The monoisotopic (exact) mass is 286 g/mol. The van der Waals surface area contributed by atoms with E-state index in [0.29, 0.717) is 0 Å². The van der Waals surface area contributed by atoms with E-state index in [0.717, 1.165) is 20.2 Å². The smallest absolute Gasteiger partial charge is 0.155 e. The first-order valence-electron chi connectivity index (χ1n) is 6.03. The van der Waals surface area contributed by atoms with Gasteiger partial charge < -0.3 is 5.73 Å². The van der Waals surface area contributed by atoms with E-state index in [1.807, 2.05) is 18.2 Å². The molecule has 0 aliphatic rings. The lowest BCUT2D eigenvalue weighted by atomic mass is 10.2. The summed E-state index contributed by atoms with van der Waals surface area (Å²) in [4.78, 5) is 5.92. The summed E-state index contributed by atoms with van der Waals surface area (Å²) < 4.78 is 2.21. The molecule has 0 radical (unpaired) electrons. The van der Waals surface area contributed by atoms with Gasteiger partial charge >= 0.3 is 0 Å². The summed E-state index contributed by atoms with van der Waals surface area (Å²) in [6.07, 6.45) is 0. The first-order valence-corrected chi connectivity index (χ1v) is 7.66. The minimum Gasteiger partial charge on any atom is -0.399 e. The summed E-state index contributed by atoms with van der Waals surface area (Å²) in [5, 5.41) is 0. The van der Waals surface area contributed by atoms with Gasteiger partial charge in [0.25, 0.3) is 0 Å². The first-order chi connectivity index (χ1) is 9.11. The number of fused-ring (bicyclic) bond motifs is 1. The largest absolute Gasteiger partial charge is 0.399 e. The number of aromatic nitrogens is 1. The molecule has 0 aliphatic heterocycles. The Hall–Kier alpha value is -1.52. The van der Waals surface area contributed by atoms with Gasteiger partial charge in [0.1, 0.15) is 0 Å². The van der Waals surface area contributed by atoms with Crippen molar-refractivity contribution < 1.29 is 0 Å². The molecule has 0 saturated carbocycles. The maximum atomic E-state index is 5.80. The van der Waals surface area contributed by atoms with E-state index in [4.69, 9.17) is 5.73 Å². The number of nitrogens with zero attached hydrogens (tertiary/aromatic N) is 1. The molecule has 2 N–H and O–H groups in total. The van der Waals surface area contributed by atoms with Gasteiger partial charge in [0, 0.05) is 10.6 Å². The summed E-state index contributed by atoms with van der Waals surface area (Å²) in [7, 11) is 0. The molecular formula is C15H14N2S2. The van der Waals surface area contributed by atoms with Gasteiger partial charge in [-0.25, -0.2) is 4.98 Å². The summed E-state index contributed by atoms with van der Waals surface area (Å²) >= 11 is 3.42. The molecule has 0 atom stereocenters. The van der Waals surface area contributed by atoms with Crippen molar-refractivity contribution in [3.63, 3.8) is 0 Å². The van der Waals surface area contributed by atoms with Crippen molar-refractivity contribution in [2.24, 2.45) is 0 Å². The second-order valence-corrected chi connectivity index (χ2v) is 6.90. The van der Waals surface area contributed by atoms with Gasteiger partial charge in [0.2, 0.25) is 0 Å². The van der Waals surface area contributed by atoms with Gasteiger partial charge in [-0.2, -0.15) is 0 Å². The van der Waals surface area contributed by atoms with E-state index in [2.05, 4.69) is 37.0 Å². The highest BCUT2D eigenvalue weighted by molar-refractivity contribution is 8.01. The summed E-state index contributed by atoms with van der Waals surface area (Å²) in [5.41, 5.74) is 10.2. The summed E-state index contributed by atoms with van der Waals surface area (Å²) in [5.74, 6) is 0. The number of aryl methyl sites for hydroxylation is 2. The number of benzene rings is 2. The predicted molar refractivity (Wildman–Crippen MR) is 84.1 cm³/mol. The van der Waals surface area contributed by atoms with E-state index in [1.54, 1.807) is 23.1 Å². The fraction of sp³-hybridized carbons (Fsp3) is 0.133. The molecule has 1 heterocycles. The summed E-state index contributed by atoms with van der Waals surface area (Å²) in [6.45, 7) is 4.25. The van der Waals surface area contributed by atoms with Crippen LogP contribution in [0.15, 0.2) is 45.6 Å². The van der Waals surface area contributed by atoms with E-state index < -0.39 is 0 Å². The van der Waals surface area contributed by atoms with Crippen molar-refractivity contribution in [1.82, 2.24) is 4.98 Å². The van der Waals surface area contributed by atoms with Gasteiger partial charge in [-0.05, 0) is 49.2 Å². The first kappa shape index (κ1) is 12.5. The Bertz CT molecular complexity index is 747. The fourth-order valence-corrected chi connectivity index (χ4v) is 4.13. The Labute approximate surface area is 120 Å². The Balaban J connectivity index is 1.98.